The molecule has 0 fully saturated rings. The molecule has 0 amide bonds. The van der Waals surface area contributed by atoms with E-state index in [1.165, 1.54) is 12.1 Å². The highest BCUT2D eigenvalue weighted by Gasteiger charge is 2.34. The number of fused-ring (bicyclic) bond motifs is 1. The molecule has 0 bridgehead atoms. The summed E-state index contributed by atoms with van der Waals surface area (Å²) in [4.78, 5) is 0. The van der Waals surface area contributed by atoms with Gasteiger partial charge in [0.2, 0.25) is 0 Å². The summed E-state index contributed by atoms with van der Waals surface area (Å²) in [6.07, 6.45) is 1.70. The van der Waals surface area contributed by atoms with E-state index in [1.54, 1.807) is 0 Å². The van der Waals surface area contributed by atoms with Gasteiger partial charge in [0.25, 0.3) is 0 Å². The molecular formula is C17H20F2N2. The van der Waals surface area contributed by atoms with Crippen molar-refractivity contribution < 1.29 is 8.78 Å². The fourth-order valence-electron chi connectivity index (χ4n) is 3.44. The van der Waals surface area contributed by atoms with Crippen molar-refractivity contribution in [2.75, 3.05) is 0 Å². The van der Waals surface area contributed by atoms with Crippen molar-refractivity contribution >= 4 is 0 Å². The van der Waals surface area contributed by atoms with Crippen LogP contribution in [0.2, 0.25) is 0 Å². The van der Waals surface area contributed by atoms with Crippen LogP contribution < -0.4 is 5.73 Å². The number of rotatable bonds is 1. The van der Waals surface area contributed by atoms with Crippen LogP contribution in [-0.2, 0) is 6.42 Å². The van der Waals surface area contributed by atoms with Crippen molar-refractivity contribution in [3.05, 3.63) is 52.9 Å². The van der Waals surface area contributed by atoms with Crippen molar-refractivity contribution in [2.24, 2.45) is 11.1 Å². The Morgan fingerprint density at radius 3 is 2.67 bits per heavy atom. The van der Waals surface area contributed by atoms with Crippen LogP contribution in [0, 0.1) is 24.0 Å². The van der Waals surface area contributed by atoms with Gasteiger partial charge in [-0.1, -0.05) is 13.8 Å². The van der Waals surface area contributed by atoms with Crippen LogP contribution in [0.5, 0.6) is 0 Å². The van der Waals surface area contributed by atoms with Crippen LogP contribution in [-0.4, -0.2) is 4.57 Å². The molecule has 1 aliphatic rings. The number of benzene rings is 1. The number of halogens is 2. The standard InChI is InChI=1S/C17H20F2N2/c1-10-6-12-14(20)8-17(2,3)9-16(12)21(10)15-7-11(18)4-5-13(15)19/h4-7,14H,8-9,20H2,1-3H3. The Morgan fingerprint density at radius 2 is 1.95 bits per heavy atom. The number of hydrogen-bond donors (Lipinski definition) is 1. The summed E-state index contributed by atoms with van der Waals surface area (Å²) in [5.74, 6) is -0.859. The van der Waals surface area contributed by atoms with Crippen LogP contribution in [0.4, 0.5) is 8.78 Å². The molecule has 0 saturated heterocycles. The molecule has 2 N–H and O–H groups in total. The van der Waals surface area contributed by atoms with E-state index in [-0.39, 0.29) is 17.1 Å². The van der Waals surface area contributed by atoms with Gasteiger partial charge in [0, 0.05) is 23.5 Å². The third kappa shape index (κ3) is 2.38. The Hall–Kier alpha value is -1.68. The average molecular weight is 290 g/mol. The molecule has 3 rings (SSSR count). The Kier molecular flexibility index (Phi) is 3.17. The number of aryl methyl sites for hydroxylation is 1. The van der Waals surface area contributed by atoms with E-state index >= 15 is 0 Å². The molecule has 1 aromatic carbocycles. The topological polar surface area (TPSA) is 30.9 Å². The van der Waals surface area contributed by atoms with Gasteiger partial charge in [0.05, 0.1) is 5.69 Å². The van der Waals surface area contributed by atoms with E-state index in [2.05, 4.69) is 13.8 Å². The Morgan fingerprint density at radius 1 is 1.24 bits per heavy atom. The molecular weight excluding hydrogens is 270 g/mol. The molecule has 2 nitrogen and oxygen atoms in total. The van der Waals surface area contributed by atoms with Crippen molar-refractivity contribution in [1.82, 2.24) is 4.57 Å². The number of aromatic nitrogens is 1. The van der Waals surface area contributed by atoms with Gasteiger partial charge in [-0.05, 0) is 48.9 Å². The summed E-state index contributed by atoms with van der Waals surface area (Å²) < 4.78 is 29.5. The maximum absolute atomic E-state index is 14.2. The monoisotopic (exact) mass is 290 g/mol. The van der Waals surface area contributed by atoms with Crippen LogP contribution in [0.15, 0.2) is 24.3 Å². The summed E-state index contributed by atoms with van der Waals surface area (Å²) in [7, 11) is 0. The Balaban J connectivity index is 2.23. The van der Waals surface area contributed by atoms with Gasteiger partial charge in [-0.25, -0.2) is 8.78 Å². The highest BCUT2D eigenvalue weighted by molar-refractivity contribution is 5.45. The minimum atomic E-state index is -0.437. The highest BCUT2D eigenvalue weighted by atomic mass is 19.1. The van der Waals surface area contributed by atoms with Gasteiger partial charge < -0.3 is 10.3 Å². The predicted molar refractivity (Wildman–Crippen MR) is 79.5 cm³/mol. The molecule has 0 spiro atoms. The minimum absolute atomic E-state index is 0.0543. The molecule has 1 heterocycles. The van der Waals surface area contributed by atoms with Gasteiger partial charge >= 0.3 is 0 Å². The summed E-state index contributed by atoms with van der Waals surface area (Å²) >= 11 is 0. The molecule has 4 heteroatoms. The van der Waals surface area contributed by atoms with Gasteiger partial charge in [0.1, 0.15) is 11.6 Å². The second kappa shape index (κ2) is 4.67. The van der Waals surface area contributed by atoms with Gasteiger partial charge in [-0.2, -0.15) is 0 Å². The maximum atomic E-state index is 14.2. The quantitative estimate of drug-likeness (QED) is 0.844. The van der Waals surface area contributed by atoms with Crippen LogP contribution in [0.3, 0.4) is 0 Å². The zero-order chi connectivity index (χ0) is 15.4. The van der Waals surface area contributed by atoms with E-state index in [0.29, 0.717) is 0 Å². The molecule has 0 aliphatic heterocycles. The molecule has 1 atom stereocenters. The normalized spacial score (nSPS) is 20.4. The summed E-state index contributed by atoms with van der Waals surface area (Å²) in [6.45, 7) is 6.22. The van der Waals surface area contributed by atoms with Crippen molar-refractivity contribution in [2.45, 2.75) is 39.7 Å². The van der Waals surface area contributed by atoms with E-state index in [9.17, 15) is 8.78 Å². The first kappa shape index (κ1) is 14.3. The first-order valence-electron chi connectivity index (χ1n) is 7.21. The van der Waals surface area contributed by atoms with E-state index in [4.69, 9.17) is 5.73 Å². The summed E-state index contributed by atoms with van der Waals surface area (Å²) in [5.41, 5.74) is 9.52. The molecule has 1 unspecified atom stereocenters. The highest BCUT2D eigenvalue weighted by Crippen LogP contribution is 2.42. The van der Waals surface area contributed by atoms with Gasteiger partial charge in [-0.15, -0.1) is 0 Å². The first-order valence-corrected chi connectivity index (χ1v) is 7.21. The zero-order valence-electron chi connectivity index (χ0n) is 12.6. The third-order valence-corrected chi connectivity index (χ3v) is 4.29. The lowest BCUT2D eigenvalue weighted by molar-refractivity contribution is 0.278. The lowest BCUT2D eigenvalue weighted by Gasteiger charge is -2.34. The van der Waals surface area contributed by atoms with Crippen LogP contribution in [0.1, 0.15) is 43.3 Å². The number of nitrogens with two attached hydrogens (primary N) is 1. The van der Waals surface area contributed by atoms with Crippen LogP contribution >= 0.6 is 0 Å². The molecule has 2 aromatic rings. The van der Waals surface area contributed by atoms with Crippen LogP contribution in [0.25, 0.3) is 5.69 Å². The fourth-order valence-corrected chi connectivity index (χ4v) is 3.44. The minimum Gasteiger partial charge on any atom is -0.324 e. The summed E-state index contributed by atoms with van der Waals surface area (Å²) in [6, 6.07) is 5.50. The smallest absolute Gasteiger partial charge is 0.147 e. The SMILES string of the molecule is Cc1cc2c(n1-c1cc(F)ccc1F)CC(C)(C)CC2N. The van der Waals surface area contributed by atoms with Crippen molar-refractivity contribution in [3.8, 4) is 5.69 Å². The average Bonchev–Trinajstić information content (AvgIpc) is 2.68. The van der Waals surface area contributed by atoms with Gasteiger partial charge in [-0.3, -0.25) is 0 Å². The number of hydrogen-bond acceptors (Lipinski definition) is 1. The largest absolute Gasteiger partial charge is 0.324 e. The van der Waals surface area contributed by atoms with Gasteiger partial charge in [0.15, 0.2) is 0 Å². The van der Waals surface area contributed by atoms with Crippen molar-refractivity contribution in [1.29, 1.82) is 0 Å². The molecule has 1 aromatic heterocycles. The van der Waals surface area contributed by atoms with E-state index in [0.717, 1.165) is 35.9 Å². The predicted octanol–water partition coefficient (Wildman–Crippen LogP) is 4.04. The second-order valence-corrected chi connectivity index (χ2v) is 6.77. The zero-order valence-corrected chi connectivity index (χ0v) is 12.6. The molecule has 0 radical (unpaired) electrons. The molecule has 21 heavy (non-hydrogen) atoms. The lowest BCUT2D eigenvalue weighted by atomic mass is 9.74. The Bertz CT molecular complexity index is 701. The Labute approximate surface area is 123 Å². The third-order valence-electron chi connectivity index (χ3n) is 4.29. The molecule has 1 aliphatic carbocycles. The second-order valence-electron chi connectivity index (χ2n) is 6.77. The van der Waals surface area contributed by atoms with Crippen molar-refractivity contribution in [3.63, 3.8) is 0 Å². The first-order chi connectivity index (χ1) is 9.78. The molecule has 112 valence electrons. The number of nitrogens with zero attached hydrogens (tertiary/aromatic N) is 1. The fraction of sp³-hybridized carbons (Fsp3) is 0.412. The van der Waals surface area contributed by atoms with E-state index in [1.807, 2.05) is 17.6 Å². The molecule has 0 saturated carbocycles. The van der Waals surface area contributed by atoms with E-state index < -0.39 is 11.6 Å². The summed E-state index contributed by atoms with van der Waals surface area (Å²) in [5, 5.41) is 0. The lowest BCUT2D eigenvalue weighted by Crippen LogP contribution is -2.30. The maximum Gasteiger partial charge on any atom is 0.147 e.